The number of aromatic nitrogens is 4. The van der Waals surface area contributed by atoms with Crippen LogP contribution in [0, 0.1) is 0 Å². The van der Waals surface area contributed by atoms with Crippen molar-refractivity contribution in [2.75, 3.05) is 5.73 Å². The molecule has 0 radical (unpaired) electrons. The Balaban J connectivity index is 1.77. The average Bonchev–Trinajstić information content (AvgIpc) is 3.10. The first-order chi connectivity index (χ1) is 10.5. The maximum atomic E-state index is 6.14. The van der Waals surface area contributed by atoms with E-state index in [1.165, 1.54) is 6.33 Å². The van der Waals surface area contributed by atoms with Crippen LogP contribution in [-0.2, 0) is 14.2 Å². The van der Waals surface area contributed by atoms with Crippen LogP contribution in [0.2, 0.25) is 0 Å². The molecule has 4 heterocycles. The summed E-state index contributed by atoms with van der Waals surface area (Å²) in [5.41, 5.74) is 7.06. The zero-order valence-corrected chi connectivity index (χ0v) is 12.8. The van der Waals surface area contributed by atoms with E-state index in [9.17, 15) is 0 Å². The van der Waals surface area contributed by atoms with E-state index in [-0.39, 0.29) is 24.5 Å². The van der Waals surface area contributed by atoms with E-state index in [0.29, 0.717) is 17.0 Å². The van der Waals surface area contributed by atoms with Crippen LogP contribution in [0.3, 0.4) is 0 Å². The Bertz CT molecular complexity index is 716. The molecule has 0 aliphatic carbocycles. The number of hydrogen-bond acceptors (Lipinski definition) is 7. The normalized spacial score (nSPS) is 33.4. The van der Waals surface area contributed by atoms with Gasteiger partial charge in [-0.05, 0) is 20.3 Å². The largest absolute Gasteiger partial charge is 0.382 e. The molecule has 4 rings (SSSR count). The van der Waals surface area contributed by atoms with Gasteiger partial charge in [-0.2, -0.15) is 0 Å². The Kier molecular flexibility index (Phi) is 2.91. The van der Waals surface area contributed by atoms with Crippen molar-refractivity contribution in [3.8, 4) is 0 Å². The molecule has 0 spiro atoms. The minimum atomic E-state index is -0.616. The number of rotatable bonds is 2. The number of nitrogen functional groups attached to an aromatic ring is 1. The Morgan fingerprint density at radius 2 is 2.00 bits per heavy atom. The maximum Gasteiger partial charge on any atom is 0.167 e. The van der Waals surface area contributed by atoms with Gasteiger partial charge in [0.2, 0.25) is 0 Å². The molecule has 2 aliphatic rings. The number of fused-ring (bicyclic) bond motifs is 2. The smallest absolute Gasteiger partial charge is 0.167 e. The third-order valence-electron chi connectivity index (χ3n) is 4.19. The van der Waals surface area contributed by atoms with E-state index in [2.05, 4.69) is 21.9 Å². The van der Waals surface area contributed by atoms with Gasteiger partial charge in [0, 0.05) is 0 Å². The highest BCUT2D eigenvalue weighted by molar-refractivity contribution is 5.81. The van der Waals surface area contributed by atoms with Crippen LogP contribution < -0.4 is 5.73 Å². The Morgan fingerprint density at radius 3 is 2.77 bits per heavy atom. The summed E-state index contributed by atoms with van der Waals surface area (Å²) in [7, 11) is 0. The number of anilines is 1. The van der Waals surface area contributed by atoms with E-state index in [4.69, 9.17) is 19.9 Å². The predicted molar refractivity (Wildman–Crippen MR) is 77.8 cm³/mol. The number of ether oxygens (including phenoxy) is 3. The van der Waals surface area contributed by atoms with E-state index in [1.807, 2.05) is 18.4 Å². The Hall–Kier alpha value is -1.77. The highest BCUT2D eigenvalue weighted by Gasteiger charge is 2.55. The lowest BCUT2D eigenvalue weighted by molar-refractivity contribution is -0.196. The molecule has 2 aliphatic heterocycles. The van der Waals surface area contributed by atoms with Gasteiger partial charge in [0.05, 0.1) is 12.4 Å². The highest BCUT2D eigenvalue weighted by Crippen LogP contribution is 2.44. The standard InChI is InChI=1S/C14H19N5O3/c1-4-7-9-10(22-14(2,3)21-9)13(20-7)19-6-18-8-11(15)16-5-17-12(8)19/h5-7,9-10,13H,4H2,1-3H3,(H2,15,16,17)/t7-,9?,10?,13-/m1/s1. The molecular formula is C14H19N5O3. The molecule has 2 N–H and O–H groups in total. The first-order valence-electron chi connectivity index (χ1n) is 7.44. The van der Waals surface area contributed by atoms with Crippen LogP contribution in [0.1, 0.15) is 33.4 Å². The molecule has 8 heteroatoms. The lowest BCUT2D eigenvalue weighted by Crippen LogP contribution is -2.28. The minimum Gasteiger partial charge on any atom is -0.382 e. The quantitative estimate of drug-likeness (QED) is 0.891. The van der Waals surface area contributed by atoms with Gasteiger partial charge in [-0.25, -0.2) is 15.0 Å². The molecule has 4 atom stereocenters. The van der Waals surface area contributed by atoms with Crippen molar-refractivity contribution < 1.29 is 14.2 Å². The first kappa shape index (κ1) is 13.9. The third-order valence-corrected chi connectivity index (χ3v) is 4.19. The molecule has 0 bridgehead atoms. The molecule has 8 nitrogen and oxygen atoms in total. The fourth-order valence-electron chi connectivity index (χ4n) is 3.27. The van der Waals surface area contributed by atoms with Gasteiger partial charge in [0.1, 0.15) is 24.1 Å². The Morgan fingerprint density at radius 1 is 1.23 bits per heavy atom. The van der Waals surface area contributed by atoms with Crippen molar-refractivity contribution in [1.82, 2.24) is 19.5 Å². The van der Waals surface area contributed by atoms with Gasteiger partial charge in [0.25, 0.3) is 0 Å². The number of nitrogens with two attached hydrogens (primary N) is 1. The predicted octanol–water partition coefficient (Wildman–Crippen LogP) is 1.24. The summed E-state index contributed by atoms with van der Waals surface area (Å²) in [4.78, 5) is 12.5. The summed E-state index contributed by atoms with van der Waals surface area (Å²) >= 11 is 0. The van der Waals surface area contributed by atoms with Crippen LogP contribution >= 0.6 is 0 Å². The fraction of sp³-hybridized carbons (Fsp3) is 0.643. The summed E-state index contributed by atoms with van der Waals surface area (Å²) in [6.07, 6.45) is 3.29. The molecule has 0 saturated carbocycles. The molecule has 2 aromatic heterocycles. The van der Waals surface area contributed by atoms with Crippen LogP contribution in [0.4, 0.5) is 5.82 Å². The lowest BCUT2D eigenvalue weighted by Gasteiger charge is -2.24. The van der Waals surface area contributed by atoms with Gasteiger partial charge < -0.3 is 19.9 Å². The minimum absolute atomic E-state index is 0.0200. The van der Waals surface area contributed by atoms with Gasteiger partial charge >= 0.3 is 0 Å². The summed E-state index contributed by atoms with van der Waals surface area (Å²) < 4.78 is 20.0. The molecule has 2 fully saturated rings. The van der Waals surface area contributed by atoms with E-state index >= 15 is 0 Å². The third kappa shape index (κ3) is 1.91. The maximum absolute atomic E-state index is 6.14. The van der Waals surface area contributed by atoms with Crippen molar-refractivity contribution in [3.63, 3.8) is 0 Å². The zero-order chi connectivity index (χ0) is 15.5. The topological polar surface area (TPSA) is 97.3 Å². The van der Waals surface area contributed by atoms with Crippen molar-refractivity contribution in [3.05, 3.63) is 12.7 Å². The van der Waals surface area contributed by atoms with Gasteiger partial charge in [-0.1, -0.05) is 6.92 Å². The first-order valence-corrected chi connectivity index (χ1v) is 7.44. The van der Waals surface area contributed by atoms with Gasteiger partial charge in [-0.3, -0.25) is 4.57 Å². The molecule has 118 valence electrons. The second-order valence-corrected chi connectivity index (χ2v) is 6.12. The summed E-state index contributed by atoms with van der Waals surface area (Å²) in [6.45, 7) is 5.91. The zero-order valence-electron chi connectivity index (χ0n) is 12.8. The van der Waals surface area contributed by atoms with Crippen LogP contribution in [0.15, 0.2) is 12.7 Å². The molecule has 22 heavy (non-hydrogen) atoms. The van der Waals surface area contributed by atoms with Crippen molar-refractivity contribution in [2.45, 2.75) is 57.5 Å². The summed E-state index contributed by atoms with van der Waals surface area (Å²) in [5, 5.41) is 0. The van der Waals surface area contributed by atoms with Crippen molar-refractivity contribution >= 4 is 17.0 Å². The molecular weight excluding hydrogens is 286 g/mol. The molecule has 0 amide bonds. The van der Waals surface area contributed by atoms with Crippen LogP contribution in [0.5, 0.6) is 0 Å². The molecule has 0 aromatic carbocycles. The lowest BCUT2D eigenvalue weighted by atomic mass is 10.1. The Labute approximate surface area is 127 Å². The SMILES string of the molecule is CC[C@H]1O[C@@H](n2cnc3c(N)ncnc32)C2OC(C)(C)OC21. The van der Waals surface area contributed by atoms with Crippen LogP contribution in [-0.4, -0.2) is 43.6 Å². The van der Waals surface area contributed by atoms with E-state index in [1.54, 1.807) is 6.33 Å². The van der Waals surface area contributed by atoms with Gasteiger partial charge in [-0.15, -0.1) is 0 Å². The van der Waals surface area contributed by atoms with E-state index < -0.39 is 5.79 Å². The fourth-order valence-corrected chi connectivity index (χ4v) is 3.27. The number of imidazole rings is 1. The second-order valence-electron chi connectivity index (χ2n) is 6.12. The monoisotopic (exact) mass is 305 g/mol. The summed E-state index contributed by atoms with van der Waals surface area (Å²) in [6, 6.07) is 0. The molecule has 2 unspecified atom stereocenters. The molecule has 2 aromatic rings. The summed E-state index contributed by atoms with van der Waals surface area (Å²) in [5.74, 6) is -0.260. The van der Waals surface area contributed by atoms with Crippen molar-refractivity contribution in [1.29, 1.82) is 0 Å². The number of nitrogens with zero attached hydrogens (tertiary/aromatic N) is 4. The van der Waals surface area contributed by atoms with Crippen molar-refractivity contribution in [2.24, 2.45) is 0 Å². The average molecular weight is 305 g/mol. The highest BCUT2D eigenvalue weighted by atomic mass is 16.8. The second kappa shape index (κ2) is 4.61. The van der Waals surface area contributed by atoms with Crippen LogP contribution in [0.25, 0.3) is 11.2 Å². The number of hydrogen-bond donors (Lipinski definition) is 1. The van der Waals surface area contributed by atoms with E-state index in [0.717, 1.165) is 6.42 Å². The molecule has 2 saturated heterocycles. The van der Waals surface area contributed by atoms with Gasteiger partial charge in [0.15, 0.2) is 23.5 Å².